The molecule has 4 fully saturated rings. The van der Waals surface area contributed by atoms with E-state index < -0.39 is 6.17 Å². The summed E-state index contributed by atoms with van der Waals surface area (Å²) in [5, 5.41) is 0.421. The fourth-order valence-corrected chi connectivity index (χ4v) is 7.64. The van der Waals surface area contributed by atoms with Gasteiger partial charge in [0.1, 0.15) is 12.0 Å². The molecule has 1 spiro atoms. The minimum absolute atomic E-state index is 0.162. The summed E-state index contributed by atoms with van der Waals surface area (Å²) < 4.78 is 19.4. The van der Waals surface area contributed by atoms with Gasteiger partial charge in [0.15, 0.2) is 11.6 Å². The van der Waals surface area contributed by atoms with Crippen LogP contribution in [0.25, 0.3) is 0 Å². The van der Waals surface area contributed by atoms with Crippen molar-refractivity contribution in [3.05, 3.63) is 41.0 Å². The molecule has 1 saturated carbocycles. The van der Waals surface area contributed by atoms with E-state index in [2.05, 4.69) is 43.5 Å². The molecule has 0 radical (unpaired) electrons. The van der Waals surface area contributed by atoms with Crippen LogP contribution in [-0.4, -0.2) is 62.7 Å². The molecule has 194 valence electrons. The molecule has 1 amide bonds. The number of nitrogens with zero attached hydrogens (tertiary/aromatic N) is 4. The highest BCUT2D eigenvalue weighted by Gasteiger charge is 2.47. The number of hydrogen-bond acceptors (Lipinski definition) is 5. The van der Waals surface area contributed by atoms with Crippen molar-refractivity contribution in [2.75, 3.05) is 31.2 Å². The minimum Gasteiger partial charge on any atom is -0.381 e. The predicted molar refractivity (Wildman–Crippen MR) is 142 cm³/mol. The molecular weight excluding hydrogens is 594 g/mol. The number of amides is 1. The smallest absolute Gasteiger partial charge is 0.381 e. The van der Waals surface area contributed by atoms with E-state index in [1.807, 2.05) is 11.0 Å². The van der Waals surface area contributed by atoms with Gasteiger partial charge in [0, 0.05) is 44.5 Å². The summed E-state index contributed by atoms with van der Waals surface area (Å²) in [6.45, 7) is 3.45. The third kappa shape index (κ3) is 4.94. The SMILES string of the molecule is O=C1CCCC2(CCN(c3cc(CC4CC4C4CCOC4)nc([ClH+])n3)CC2)N1C1=CC(I)C(F)C=C1. The van der Waals surface area contributed by atoms with Crippen molar-refractivity contribution >= 4 is 34.3 Å². The highest BCUT2D eigenvalue weighted by Crippen LogP contribution is 2.49. The van der Waals surface area contributed by atoms with E-state index in [0.29, 0.717) is 23.5 Å². The predicted octanol–water partition coefficient (Wildman–Crippen LogP) is 4.33. The molecule has 6 nitrogen and oxygen atoms in total. The lowest BCUT2D eigenvalue weighted by molar-refractivity contribution is -0.304. The molecule has 0 N–H and O–H groups in total. The average molecular weight is 628 g/mol. The molecule has 9 heteroatoms. The quantitative estimate of drug-likeness (QED) is 0.276. The second-order valence-corrected chi connectivity index (χ2v) is 12.9. The van der Waals surface area contributed by atoms with Gasteiger partial charge in [-0.25, -0.2) is 4.39 Å². The average Bonchev–Trinajstić information content (AvgIpc) is 3.39. The molecule has 3 aliphatic heterocycles. The Morgan fingerprint density at radius 2 is 2.08 bits per heavy atom. The summed E-state index contributed by atoms with van der Waals surface area (Å²) in [5.41, 5.74) is 1.71. The molecule has 5 unspecified atom stereocenters. The van der Waals surface area contributed by atoms with Crippen molar-refractivity contribution in [2.45, 2.75) is 67.0 Å². The van der Waals surface area contributed by atoms with Crippen molar-refractivity contribution in [1.82, 2.24) is 14.9 Å². The first kappa shape index (κ1) is 25.0. The summed E-state index contributed by atoms with van der Waals surface area (Å²) in [5.74, 6) is 3.24. The highest BCUT2D eigenvalue weighted by molar-refractivity contribution is 14.1. The molecule has 0 aromatic carbocycles. The number of piperidine rings is 2. The third-order valence-corrected chi connectivity index (χ3v) is 10.1. The van der Waals surface area contributed by atoms with E-state index in [0.717, 1.165) is 81.5 Å². The number of hydrogen-bond donors (Lipinski definition) is 0. The van der Waals surface area contributed by atoms with Crippen LogP contribution in [0.5, 0.6) is 0 Å². The topological polar surface area (TPSA) is 58.6 Å². The lowest BCUT2D eigenvalue weighted by Crippen LogP contribution is -2.59. The molecule has 5 atom stereocenters. The Hall–Kier alpha value is -1.26. The van der Waals surface area contributed by atoms with Crippen LogP contribution in [0.1, 0.15) is 50.6 Å². The Morgan fingerprint density at radius 1 is 1.25 bits per heavy atom. The zero-order valence-corrected chi connectivity index (χ0v) is 23.4. The van der Waals surface area contributed by atoms with Gasteiger partial charge in [0.2, 0.25) is 5.91 Å². The van der Waals surface area contributed by atoms with Crippen LogP contribution in [0.3, 0.4) is 0 Å². The summed E-state index contributed by atoms with van der Waals surface area (Å²) in [6.07, 6.45) is 11.9. The first-order valence-corrected chi connectivity index (χ1v) is 15.0. The number of carbonyl (C=O) groups excluding carboxylic acids is 1. The van der Waals surface area contributed by atoms with Crippen molar-refractivity contribution in [3.8, 4) is 0 Å². The van der Waals surface area contributed by atoms with Crippen LogP contribution in [0, 0.1) is 29.4 Å². The summed E-state index contributed by atoms with van der Waals surface area (Å²) in [6, 6.07) is 2.13. The van der Waals surface area contributed by atoms with Crippen molar-refractivity contribution < 1.29 is 25.5 Å². The van der Waals surface area contributed by atoms with E-state index in [1.54, 1.807) is 12.2 Å². The van der Waals surface area contributed by atoms with Gasteiger partial charge in [-0.15, -0.1) is 0 Å². The molecule has 0 bridgehead atoms. The molecular formula is C27H34ClFIN4O2+. The van der Waals surface area contributed by atoms with Gasteiger partial charge in [-0.1, -0.05) is 22.6 Å². The molecule has 4 heterocycles. The van der Waals surface area contributed by atoms with Gasteiger partial charge >= 0.3 is 5.28 Å². The van der Waals surface area contributed by atoms with E-state index >= 15 is 0 Å². The summed E-state index contributed by atoms with van der Waals surface area (Å²) >= 11 is 7.58. The number of carbonyl (C=O) groups is 1. The van der Waals surface area contributed by atoms with Gasteiger partial charge in [0.25, 0.3) is 0 Å². The summed E-state index contributed by atoms with van der Waals surface area (Å²) in [7, 11) is 0. The van der Waals surface area contributed by atoms with Crippen LogP contribution in [0.2, 0.25) is 5.28 Å². The van der Waals surface area contributed by atoms with E-state index in [4.69, 9.17) is 16.3 Å². The fraction of sp³-hybridized carbons (Fsp3) is 0.667. The van der Waals surface area contributed by atoms with E-state index in [1.165, 1.54) is 12.8 Å². The van der Waals surface area contributed by atoms with Crippen LogP contribution < -0.4 is 4.90 Å². The Kier molecular flexibility index (Phi) is 7.05. The molecule has 1 aromatic rings. The zero-order chi connectivity index (χ0) is 24.9. The lowest BCUT2D eigenvalue weighted by atomic mass is 9.77. The lowest BCUT2D eigenvalue weighted by Gasteiger charge is -2.52. The largest absolute Gasteiger partial charge is 0.419 e. The van der Waals surface area contributed by atoms with Gasteiger partial charge in [-0.3, -0.25) is 4.79 Å². The van der Waals surface area contributed by atoms with Crippen molar-refractivity contribution in [3.63, 3.8) is 0 Å². The Bertz CT molecular complexity index is 1070. The maximum absolute atomic E-state index is 14.1. The van der Waals surface area contributed by atoms with Gasteiger partial charge in [0.05, 0.1) is 15.2 Å². The van der Waals surface area contributed by atoms with Crippen LogP contribution in [0.4, 0.5) is 10.2 Å². The number of alkyl halides is 2. The third-order valence-electron chi connectivity index (χ3n) is 8.88. The molecule has 3 saturated heterocycles. The van der Waals surface area contributed by atoms with Gasteiger partial charge in [-0.05, 0) is 80.9 Å². The number of anilines is 1. The number of halogens is 3. The second-order valence-electron chi connectivity index (χ2n) is 11.1. The van der Waals surface area contributed by atoms with Crippen molar-refractivity contribution in [1.29, 1.82) is 0 Å². The number of allylic oxidation sites excluding steroid dienone is 3. The number of rotatable bonds is 5. The molecule has 1 aromatic heterocycles. The monoisotopic (exact) mass is 627 g/mol. The van der Waals surface area contributed by atoms with Crippen LogP contribution >= 0.6 is 22.6 Å². The van der Waals surface area contributed by atoms with Gasteiger partial charge in [-0.2, -0.15) is 9.97 Å². The Labute approximate surface area is 230 Å². The zero-order valence-electron chi connectivity index (χ0n) is 20.5. The number of aromatic nitrogens is 2. The molecule has 6 rings (SSSR count). The fourth-order valence-electron chi connectivity index (χ4n) is 6.82. The number of likely N-dealkylation sites (tertiary alicyclic amines) is 1. The Morgan fingerprint density at radius 3 is 2.83 bits per heavy atom. The maximum atomic E-state index is 14.1. The van der Waals surface area contributed by atoms with Gasteiger partial charge < -0.3 is 14.5 Å². The Balaban J connectivity index is 1.15. The molecule has 5 aliphatic rings. The minimum atomic E-state index is -0.996. The van der Waals surface area contributed by atoms with Crippen molar-refractivity contribution in [2.24, 2.45) is 17.8 Å². The first-order chi connectivity index (χ1) is 17.4. The normalized spacial score (nSPS) is 33.8. The number of ether oxygens (including phenoxy) is 1. The highest BCUT2D eigenvalue weighted by atomic mass is 127. The molecule has 2 aliphatic carbocycles. The maximum Gasteiger partial charge on any atom is 0.419 e. The van der Waals surface area contributed by atoms with E-state index in [9.17, 15) is 9.18 Å². The second kappa shape index (κ2) is 10.1. The van der Waals surface area contributed by atoms with Crippen LogP contribution in [-0.2, 0) is 16.0 Å². The van der Waals surface area contributed by atoms with E-state index in [-0.39, 0.29) is 15.4 Å². The summed E-state index contributed by atoms with van der Waals surface area (Å²) in [4.78, 5) is 26.7. The standard InChI is InChI=1S/C27H34ClFIN4O2/c28-26-31-19(12-18-13-21(18)17-5-11-36-16-17)14-24(32-26)33-9-7-27(8-10-33)6-1-2-25(35)34(27)20-3-4-22(29)23(30)15-20/h3-4,14-15,17-18,21-23,28H,1-2,5-13,16H2/q+1. The first-order valence-electron chi connectivity index (χ1n) is 13.3. The van der Waals surface area contributed by atoms with Crippen LogP contribution in [0.15, 0.2) is 30.0 Å². The molecule has 36 heavy (non-hydrogen) atoms.